The van der Waals surface area contributed by atoms with Gasteiger partial charge in [0.25, 0.3) is 5.69 Å². The maximum Gasteiger partial charge on any atom is 0.428 e. The average Bonchev–Trinajstić information content (AvgIpc) is 3.06. The fourth-order valence-corrected chi connectivity index (χ4v) is 4.00. The summed E-state index contributed by atoms with van der Waals surface area (Å²) in [5, 5.41) is 34.3. The van der Waals surface area contributed by atoms with Gasteiger partial charge >= 0.3 is 6.18 Å². The van der Waals surface area contributed by atoms with Crippen molar-refractivity contribution in [2.45, 2.75) is 42.1 Å². The number of aliphatic imine (C=N–C) groups is 1. The molecule has 2 saturated heterocycles. The minimum atomic E-state index is -4.95. The molecule has 0 aromatic heterocycles. The van der Waals surface area contributed by atoms with Crippen LogP contribution in [-0.4, -0.2) is 69.4 Å². The standard InChI is InChI=1S/C15H16F3N3O6S/c1-19-14-20-8-9(22)10(23)11(27-13(8)28-14)12(15(16,17)18)26-7-4-2-6(3-5-7)21(24)25/h2-5,8-13,22-23H,1H3,(H,19,20)/t8-,9-,10+,11+,12-,13-/m1/s1. The third-order valence-corrected chi connectivity index (χ3v) is 5.45. The normalized spacial score (nSPS) is 32.5. The molecule has 0 spiro atoms. The smallest absolute Gasteiger partial charge is 0.428 e. The quantitative estimate of drug-likeness (QED) is 0.485. The predicted molar refractivity (Wildman–Crippen MR) is 92.1 cm³/mol. The summed E-state index contributed by atoms with van der Waals surface area (Å²) in [5.41, 5.74) is -1.23. The molecule has 0 bridgehead atoms. The fraction of sp³-hybridized carbons (Fsp3) is 0.533. The van der Waals surface area contributed by atoms with E-state index in [0.29, 0.717) is 5.17 Å². The molecule has 3 N–H and O–H groups in total. The molecule has 2 fully saturated rings. The van der Waals surface area contributed by atoms with Gasteiger partial charge in [-0.1, -0.05) is 11.8 Å². The molecule has 0 amide bonds. The number of halogens is 3. The molecule has 2 heterocycles. The van der Waals surface area contributed by atoms with Crippen LogP contribution in [0.4, 0.5) is 18.9 Å². The van der Waals surface area contributed by atoms with Crippen LogP contribution in [0.1, 0.15) is 0 Å². The number of nitro groups is 1. The number of hydrogen-bond donors (Lipinski definition) is 3. The second-order valence-corrected chi connectivity index (χ2v) is 7.19. The molecule has 0 saturated carbocycles. The fourth-order valence-electron chi connectivity index (χ4n) is 2.91. The molecule has 1 aromatic carbocycles. The Bertz CT molecular complexity index is 762. The number of hydrogen-bond acceptors (Lipinski definition) is 8. The highest BCUT2D eigenvalue weighted by Crippen LogP contribution is 2.39. The number of rotatable bonds is 4. The van der Waals surface area contributed by atoms with Gasteiger partial charge < -0.3 is 25.0 Å². The van der Waals surface area contributed by atoms with Crippen molar-refractivity contribution in [3.63, 3.8) is 0 Å². The third-order valence-electron chi connectivity index (χ3n) is 4.29. The van der Waals surface area contributed by atoms with Gasteiger partial charge in [-0.05, 0) is 12.1 Å². The Morgan fingerprint density at radius 3 is 2.50 bits per heavy atom. The van der Waals surface area contributed by atoms with Crippen molar-refractivity contribution < 1.29 is 37.8 Å². The van der Waals surface area contributed by atoms with E-state index < -0.39 is 47.0 Å². The summed E-state index contributed by atoms with van der Waals surface area (Å²) in [4.78, 5) is 13.8. The maximum absolute atomic E-state index is 13.6. The zero-order valence-corrected chi connectivity index (χ0v) is 15.1. The number of alkyl halides is 3. The summed E-state index contributed by atoms with van der Waals surface area (Å²) >= 11 is 0.991. The maximum atomic E-state index is 13.6. The van der Waals surface area contributed by atoms with Crippen LogP contribution >= 0.6 is 11.8 Å². The lowest BCUT2D eigenvalue weighted by molar-refractivity contribution is -0.384. The topological polar surface area (TPSA) is 126 Å². The van der Waals surface area contributed by atoms with E-state index in [2.05, 4.69) is 10.3 Å². The minimum Gasteiger partial charge on any atom is -0.478 e. The van der Waals surface area contributed by atoms with E-state index in [-0.39, 0.29) is 11.4 Å². The van der Waals surface area contributed by atoms with Crippen molar-refractivity contribution in [2.24, 2.45) is 4.99 Å². The molecule has 6 atom stereocenters. The van der Waals surface area contributed by atoms with E-state index in [4.69, 9.17) is 9.47 Å². The van der Waals surface area contributed by atoms with Crippen molar-refractivity contribution in [3.05, 3.63) is 34.4 Å². The van der Waals surface area contributed by atoms with E-state index in [1.807, 2.05) is 0 Å². The molecule has 0 radical (unpaired) electrons. The molecular formula is C15H16F3N3O6S. The second-order valence-electron chi connectivity index (χ2n) is 6.10. The van der Waals surface area contributed by atoms with Gasteiger partial charge in [0.15, 0.2) is 5.17 Å². The van der Waals surface area contributed by atoms with E-state index in [1.165, 1.54) is 7.05 Å². The largest absolute Gasteiger partial charge is 0.478 e. The van der Waals surface area contributed by atoms with Gasteiger partial charge in [0, 0.05) is 19.2 Å². The number of amidine groups is 1. The van der Waals surface area contributed by atoms with Crippen LogP contribution in [0.5, 0.6) is 5.75 Å². The Balaban J connectivity index is 1.84. The van der Waals surface area contributed by atoms with E-state index >= 15 is 0 Å². The Hall–Kier alpha value is -2.09. The van der Waals surface area contributed by atoms with Crippen LogP contribution < -0.4 is 10.1 Å². The summed E-state index contributed by atoms with van der Waals surface area (Å²) in [6.45, 7) is 0. The van der Waals surface area contributed by atoms with E-state index in [9.17, 15) is 33.5 Å². The molecule has 13 heteroatoms. The molecule has 0 aliphatic carbocycles. The molecule has 9 nitrogen and oxygen atoms in total. The van der Waals surface area contributed by atoms with Crippen molar-refractivity contribution in [1.29, 1.82) is 0 Å². The first-order valence-corrected chi connectivity index (χ1v) is 8.89. The monoisotopic (exact) mass is 423 g/mol. The van der Waals surface area contributed by atoms with Gasteiger partial charge in [0.2, 0.25) is 6.10 Å². The number of non-ortho nitro benzene ring substituents is 1. The Labute approximate surface area is 160 Å². The molecule has 154 valence electrons. The summed E-state index contributed by atoms with van der Waals surface area (Å²) < 4.78 is 51.3. The van der Waals surface area contributed by atoms with E-state index in [1.54, 1.807) is 0 Å². The van der Waals surface area contributed by atoms with Gasteiger partial charge in [-0.15, -0.1) is 0 Å². The number of benzene rings is 1. The van der Waals surface area contributed by atoms with Crippen molar-refractivity contribution >= 4 is 22.6 Å². The number of nitro benzene ring substituents is 1. The lowest BCUT2D eigenvalue weighted by Crippen LogP contribution is -2.64. The SMILES string of the molecule is CN=C1N[C@@H]2[C@@H](O)[C@H](O)[C@@H]([C@@H](Oc3ccc([N+](=O)[O-])cc3)C(F)(F)F)O[C@@H]2S1. The molecule has 2 aliphatic heterocycles. The zero-order valence-electron chi connectivity index (χ0n) is 14.2. The highest BCUT2D eigenvalue weighted by molar-refractivity contribution is 8.14. The number of fused-ring (bicyclic) bond motifs is 1. The first-order valence-electron chi connectivity index (χ1n) is 8.01. The minimum absolute atomic E-state index is 0.298. The summed E-state index contributed by atoms with van der Waals surface area (Å²) in [5.74, 6) is -0.298. The lowest BCUT2D eigenvalue weighted by atomic mass is 9.94. The number of thioether (sulfide) groups is 1. The zero-order chi connectivity index (χ0) is 20.6. The molecule has 0 unspecified atom stereocenters. The Morgan fingerprint density at radius 1 is 1.32 bits per heavy atom. The summed E-state index contributed by atoms with van der Waals surface area (Å²) in [6, 6.07) is 3.18. The van der Waals surface area contributed by atoms with Gasteiger partial charge in [-0.25, -0.2) is 0 Å². The van der Waals surface area contributed by atoms with Crippen molar-refractivity contribution in [3.8, 4) is 5.75 Å². The second kappa shape index (κ2) is 7.73. The number of aliphatic hydroxyl groups is 2. The van der Waals surface area contributed by atoms with Crippen molar-refractivity contribution in [2.75, 3.05) is 7.05 Å². The van der Waals surface area contributed by atoms with Crippen LogP contribution in [0.2, 0.25) is 0 Å². The van der Waals surface area contributed by atoms with Gasteiger partial charge in [-0.3, -0.25) is 15.1 Å². The highest BCUT2D eigenvalue weighted by Gasteiger charge is 2.58. The van der Waals surface area contributed by atoms with Crippen LogP contribution in [0.15, 0.2) is 29.3 Å². The third kappa shape index (κ3) is 4.01. The Kier molecular flexibility index (Phi) is 5.70. The summed E-state index contributed by atoms with van der Waals surface area (Å²) in [7, 11) is 1.46. The van der Waals surface area contributed by atoms with Crippen LogP contribution in [0.3, 0.4) is 0 Å². The predicted octanol–water partition coefficient (Wildman–Crippen LogP) is 1.04. The van der Waals surface area contributed by atoms with E-state index in [0.717, 1.165) is 36.0 Å². The van der Waals surface area contributed by atoms with Crippen LogP contribution in [-0.2, 0) is 4.74 Å². The molecule has 3 rings (SSSR count). The van der Waals surface area contributed by atoms with Crippen LogP contribution in [0, 0.1) is 10.1 Å². The van der Waals surface area contributed by atoms with Gasteiger partial charge in [0.1, 0.15) is 29.5 Å². The lowest BCUT2D eigenvalue weighted by Gasteiger charge is -2.42. The number of ether oxygens (including phenoxy) is 2. The molecular weight excluding hydrogens is 407 g/mol. The number of nitrogens with one attached hydrogen (secondary N) is 1. The van der Waals surface area contributed by atoms with Gasteiger partial charge in [-0.2, -0.15) is 13.2 Å². The first-order chi connectivity index (χ1) is 13.1. The molecule has 1 aromatic rings. The summed E-state index contributed by atoms with van der Waals surface area (Å²) in [6.07, 6.45) is -12.9. The average molecular weight is 423 g/mol. The number of aliphatic hydroxyl groups excluding tert-OH is 2. The molecule has 28 heavy (non-hydrogen) atoms. The van der Waals surface area contributed by atoms with Gasteiger partial charge in [0.05, 0.1) is 11.0 Å². The highest BCUT2D eigenvalue weighted by atomic mass is 32.2. The number of nitrogens with zero attached hydrogens (tertiary/aromatic N) is 2. The van der Waals surface area contributed by atoms with Crippen molar-refractivity contribution in [1.82, 2.24) is 5.32 Å². The Morgan fingerprint density at radius 2 is 1.96 bits per heavy atom. The molecule has 2 aliphatic rings. The first kappa shape index (κ1) is 20.6. The van der Waals surface area contributed by atoms with Crippen LogP contribution in [0.25, 0.3) is 0 Å².